The van der Waals surface area contributed by atoms with E-state index in [1.807, 2.05) is 0 Å². The maximum atomic E-state index is 12.1. The Morgan fingerprint density at radius 3 is 2.69 bits per heavy atom. The molecule has 1 aromatic heterocycles. The number of carbonyl (C=O) groups excluding carboxylic acids is 2. The first-order valence-electron chi connectivity index (χ1n) is 9.03. The summed E-state index contributed by atoms with van der Waals surface area (Å²) in [6, 6.07) is 13.1. The fourth-order valence-corrected chi connectivity index (χ4v) is 3.18. The van der Waals surface area contributed by atoms with Crippen LogP contribution in [-0.2, 0) is 9.59 Å². The van der Waals surface area contributed by atoms with Crippen LogP contribution in [0.5, 0.6) is 11.5 Å². The molecule has 1 N–H and O–H groups in total. The van der Waals surface area contributed by atoms with Crippen LogP contribution in [0.2, 0.25) is 10.0 Å². The van der Waals surface area contributed by atoms with Gasteiger partial charge in [-0.05, 0) is 54.6 Å². The van der Waals surface area contributed by atoms with Gasteiger partial charge >= 0.3 is 5.97 Å². The van der Waals surface area contributed by atoms with Crippen molar-refractivity contribution in [1.82, 2.24) is 5.43 Å². The summed E-state index contributed by atoms with van der Waals surface area (Å²) < 4.78 is 16.5. The molecular formula is C22H15BrCl2N2O5. The molecule has 0 bridgehead atoms. The first-order chi connectivity index (χ1) is 15.4. The minimum Gasteiger partial charge on any atom is -0.482 e. The van der Waals surface area contributed by atoms with Crippen LogP contribution < -0.4 is 14.9 Å². The fraction of sp³-hybridized carbons (Fsp3) is 0.0455. The summed E-state index contributed by atoms with van der Waals surface area (Å²) >= 11 is 15.2. The van der Waals surface area contributed by atoms with Crippen molar-refractivity contribution in [3.05, 3.63) is 86.7 Å². The number of benzene rings is 2. The topological polar surface area (TPSA) is 90.1 Å². The van der Waals surface area contributed by atoms with E-state index in [9.17, 15) is 9.59 Å². The zero-order valence-corrected chi connectivity index (χ0v) is 19.4. The first-order valence-corrected chi connectivity index (χ1v) is 10.6. The summed E-state index contributed by atoms with van der Waals surface area (Å²) in [6.07, 6.45) is 5.57. The average Bonchev–Trinajstić information content (AvgIpc) is 3.27. The number of hydrogen-bond acceptors (Lipinski definition) is 6. The number of hydrogen-bond donors (Lipinski definition) is 1. The van der Waals surface area contributed by atoms with Crippen LogP contribution in [0.1, 0.15) is 11.3 Å². The highest BCUT2D eigenvalue weighted by Gasteiger charge is 2.09. The normalized spacial score (nSPS) is 11.1. The SMILES string of the molecule is O=C(COc1ccc(Cl)cc1Cl)N/N=C\c1cc(Br)ccc1OC(=O)/C=C\c1ccco1. The van der Waals surface area contributed by atoms with Gasteiger partial charge in [0, 0.05) is 21.1 Å². The summed E-state index contributed by atoms with van der Waals surface area (Å²) in [6.45, 7) is -0.309. The van der Waals surface area contributed by atoms with E-state index in [0.29, 0.717) is 22.1 Å². The van der Waals surface area contributed by atoms with E-state index in [2.05, 4.69) is 26.5 Å². The van der Waals surface area contributed by atoms with Crippen LogP contribution >= 0.6 is 39.1 Å². The van der Waals surface area contributed by atoms with Crippen LogP contribution in [0, 0.1) is 0 Å². The van der Waals surface area contributed by atoms with E-state index in [1.54, 1.807) is 42.5 Å². The van der Waals surface area contributed by atoms with Gasteiger partial charge in [-0.3, -0.25) is 4.79 Å². The summed E-state index contributed by atoms with van der Waals surface area (Å²) in [5.41, 5.74) is 2.79. The molecular weight excluding hydrogens is 523 g/mol. The van der Waals surface area contributed by atoms with E-state index in [4.69, 9.17) is 37.1 Å². The van der Waals surface area contributed by atoms with Gasteiger partial charge in [0.15, 0.2) is 6.61 Å². The third-order valence-corrected chi connectivity index (χ3v) is 4.78. The van der Waals surface area contributed by atoms with E-state index in [1.165, 1.54) is 30.7 Å². The largest absolute Gasteiger partial charge is 0.482 e. The Morgan fingerprint density at radius 1 is 1.12 bits per heavy atom. The van der Waals surface area contributed by atoms with Crippen LogP contribution in [0.3, 0.4) is 0 Å². The van der Waals surface area contributed by atoms with Crippen molar-refractivity contribution in [1.29, 1.82) is 0 Å². The smallest absolute Gasteiger partial charge is 0.336 e. The standard InChI is InChI=1S/C22H15BrCl2N2O5/c23-15-3-6-19(32-22(29)8-5-17-2-1-9-30-17)14(10-15)12-26-27-21(28)13-31-20-7-4-16(24)11-18(20)25/h1-12H,13H2,(H,27,28)/b8-5-,26-12-. The highest BCUT2D eigenvalue weighted by molar-refractivity contribution is 9.10. The van der Waals surface area contributed by atoms with Crippen molar-refractivity contribution < 1.29 is 23.5 Å². The third-order valence-electron chi connectivity index (χ3n) is 3.75. The highest BCUT2D eigenvalue weighted by Crippen LogP contribution is 2.27. The van der Waals surface area contributed by atoms with Gasteiger partial charge in [-0.2, -0.15) is 5.10 Å². The van der Waals surface area contributed by atoms with Crippen molar-refractivity contribution in [2.45, 2.75) is 0 Å². The molecule has 0 spiro atoms. The lowest BCUT2D eigenvalue weighted by molar-refractivity contribution is -0.129. The fourth-order valence-electron chi connectivity index (χ4n) is 2.33. The molecule has 0 saturated carbocycles. The number of nitrogens with one attached hydrogen (secondary N) is 1. The van der Waals surface area contributed by atoms with Crippen LogP contribution in [-0.4, -0.2) is 24.7 Å². The van der Waals surface area contributed by atoms with Crippen LogP contribution in [0.25, 0.3) is 6.08 Å². The molecule has 0 fully saturated rings. The Bertz CT molecular complexity index is 1160. The Morgan fingerprint density at radius 2 is 1.94 bits per heavy atom. The second kappa shape index (κ2) is 11.5. The second-order valence-electron chi connectivity index (χ2n) is 6.11. The number of ether oxygens (including phenoxy) is 2. The third kappa shape index (κ3) is 7.26. The molecule has 7 nitrogen and oxygen atoms in total. The summed E-state index contributed by atoms with van der Waals surface area (Å²) in [5.74, 6) is -0.0225. The summed E-state index contributed by atoms with van der Waals surface area (Å²) in [5, 5.41) is 4.63. The molecule has 0 aliphatic rings. The Kier molecular flexibility index (Phi) is 8.49. The number of rotatable bonds is 8. The van der Waals surface area contributed by atoms with Crippen molar-refractivity contribution >= 4 is 63.3 Å². The molecule has 10 heteroatoms. The molecule has 164 valence electrons. The maximum Gasteiger partial charge on any atom is 0.336 e. The Balaban J connectivity index is 1.57. The lowest BCUT2D eigenvalue weighted by Gasteiger charge is -2.08. The van der Waals surface area contributed by atoms with Gasteiger partial charge in [0.05, 0.1) is 17.5 Å². The van der Waals surface area contributed by atoms with Gasteiger partial charge in [0.25, 0.3) is 5.91 Å². The van der Waals surface area contributed by atoms with Gasteiger partial charge in [0.1, 0.15) is 17.3 Å². The lowest BCUT2D eigenvalue weighted by Crippen LogP contribution is -2.24. The number of halogens is 3. The Labute approximate surface area is 201 Å². The van der Waals surface area contributed by atoms with Gasteiger partial charge in [-0.1, -0.05) is 39.1 Å². The van der Waals surface area contributed by atoms with Gasteiger partial charge in [0.2, 0.25) is 0 Å². The minimum absolute atomic E-state index is 0.254. The number of esters is 1. The summed E-state index contributed by atoms with van der Waals surface area (Å²) in [4.78, 5) is 24.1. The van der Waals surface area contributed by atoms with E-state index in [0.717, 1.165) is 4.47 Å². The molecule has 32 heavy (non-hydrogen) atoms. The molecule has 0 aliphatic carbocycles. The molecule has 2 aromatic carbocycles. The van der Waals surface area contributed by atoms with Crippen LogP contribution in [0.15, 0.2) is 74.9 Å². The number of carbonyl (C=O) groups is 2. The summed E-state index contributed by atoms with van der Waals surface area (Å²) in [7, 11) is 0. The molecule has 0 aliphatic heterocycles. The molecule has 3 aromatic rings. The predicted molar refractivity (Wildman–Crippen MR) is 125 cm³/mol. The van der Waals surface area contributed by atoms with E-state index >= 15 is 0 Å². The first kappa shape index (κ1) is 23.6. The molecule has 0 saturated heterocycles. The molecule has 1 heterocycles. The molecule has 1 amide bonds. The number of amides is 1. The molecule has 3 rings (SSSR count). The average molecular weight is 538 g/mol. The number of nitrogens with zero attached hydrogens (tertiary/aromatic N) is 1. The van der Waals surface area contributed by atoms with Crippen molar-refractivity contribution in [3.8, 4) is 11.5 Å². The lowest BCUT2D eigenvalue weighted by atomic mass is 10.2. The number of hydrazone groups is 1. The zero-order chi connectivity index (χ0) is 22.9. The van der Waals surface area contributed by atoms with Crippen LogP contribution in [0.4, 0.5) is 0 Å². The van der Waals surface area contributed by atoms with Gasteiger partial charge < -0.3 is 13.9 Å². The van der Waals surface area contributed by atoms with Crippen molar-refractivity contribution in [2.24, 2.45) is 5.10 Å². The Hall–Kier alpha value is -3.07. The molecule has 0 unspecified atom stereocenters. The maximum absolute atomic E-state index is 12.1. The van der Waals surface area contributed by atoms with E-state index in [-0.39, 0.29) is 17.4 Å². The highest BCUT2D eigenvalue weighted by atomic mass is 79.9. The minimum atomic E-state index is -0.601. The van der Waals surface area contributed by atoms with Gasteiger partial charge in [-0.15, -0.1) is 0 Å². The van der Waals surface area contributed by atoms with Crippen molar-refractivity contribution in [3.63, 3.8) is 0 Å². The van der Waals surface area contributed by atoms with Crippen molar-refractivity contribution in [2.75, 3.05) is 6.61 Å². The number of furan rings is 1. The second-order valence-corrected chi connectivity index (χ2v) is 7.87. The van der Waals surface area contributed by atoms with Gasteiger partial charge in [-0.25, -0.2) is 10.2 Å². The molecule has 0 atom stereocenters. The predicted octanol–water partition coefficient (Wildman–Crippen LogP) is 5.50. The zero-order valence-electron chi connectivity index (χ0n) is 16.3. The monoisotopic (exact) mass is 536 g/mol. The molecule has 0 radical (unpaired) electrons. The quantitative estimate of drug-likeness (QED) is 0.135. The van der Waals surface area contributed by atoms with E-state index < -0.39 is 11.9 Å².